The van der Waals surface area contributed by atoms with E-state index in [1.165, 1.54) is 6.92 Å². The number of hydrogen-bond acceptors (Lipinski definition) is 5. The lowest BCUT2D eigenvalue weighted by Gasteiger charge is -2.19. The molecule has 1 unspecified atom stereocenters. The number of nitrogens with one attached hydrogen (secondary N) is 1. The molecule has 1 amide bonds. The van der Waals surface area contributed by atoms with Gasteiger partial charge in [0.15, 0.2) is 0 Å². The number of ether oxygens (including phenoxy) is 1. The number of allylic oxidation sites excluding steroid dienone is 1. The fourth-order valence-corrected chi connectivity index (χ4v) is 4.30. The highest BCUT2D eigenvalue weighted by atomic mass is 35.5. The van der Waals surface area contributed by atoms with Gasteiger partial charge in [-0.25, -0.2) is 4.98 Å². The summed E-state index contributed by atoms with van der Waals surface area (Å²) in [6.45, 7) is 11.0. The maximum atomic E-state index is 11.6. The Morgan fingerprint density at radius 1 is 1.21 bits per heavy atom. The molecule has 3 rings (SSSR count). The van der Waals surface area contributed by atoms with Crippen LogP contribution in [0.2, 0.25) is 5.02 Å². The van der Waals surface area contributed by atoms with E-state index in [2.05, 4.69) is 15.3 Å². The van der Waals surface area contributed by atoms with Gasteiger partial charge in [-0.05, 0) is 52.8 Å². The van der Waals surface area contributed by atoms with Gasteiger partial charge in [-0.15, -0.1) is 0 Å². The van der Waals surface area contributed by atoms with Gasteiger partial charge in [-0.1, -0.05) is 35.3 Å². The van der Waals surface area contributed by atoms with Crippen molar-refractivity contribution in [1.82, 2.24) is 15.3 Å². The summed E-state index contributed by atoms with van der Waals surface area (Å²) in [4.78, 5) is 25.4. The summed E-state index contributed by atoms with van der Waals surface area (Å²) in [6, 6.07) is 9.18. The fraction of sp³-hybridized carbons (Fsp3) is 0.308. The number of aromatic nitrogens is 2. The van der Waals surface area contributed by atoms with E-state index in [0.29, 0.717) is 38.3 Å². The molecule has 0 aliphatic heterocycles. The van der Waals surface area contributed by atoms with E-state index in [1.54, 1.807) is 12.3 Å². The van der Waals surface area contributed by atoms with Crippen molar-refractivity contribution in [2.24, 2.45) is 4.99 Å². The third-order valence-corrected chi connectivity index (χ3v) is 5.72. The molecule has 178 valence electrons. The summed E-state index contributed by atoms with van der Waals surface area (Å²) in [5, 5.41) is 4.87. The lowest BCUT2D eigenvalue weighted by Crippen LogP contribution is -2.26. The van der Waals surface area contributed by atoms with Crippen LogP contribution < -0.4 is 10.1 Å². The van der Waals surface area contributed by atoms with Crippen LogP contribution in [-0.2, 0) is 11.4 Å². The Hall–Kier alpha value is -2.96. The summed E-state index contributed by atoms with van der Waals surface area (Å²) in [5.74, 6) is 0.456. The first-order chi connectivity index (χ1) is 16.1. The Bertz CT molecular complexity index is 1300. The first-order valence-electron chi connectivity index (χ1n) is 10.9. The molecule has 0 saturated heterocycles. The van der Waals surface area contributed by atoms with Crippen molar-refractivity contribution in [3.8, 4) is 5.75 Å². The first kappa shape index (κ1) is 25.7. The first-order valence-corrected chi connectivity index (χ1v) is 11.7. The number of hydrogen-bond donors (Lipinski definition) is 1. The highest BCUT2D eigenvalue weighted by Gasteiger charge is 2.19. The van der Waals surface area contributed by atoms with Crippen molar-refractivity contribution in [3.05, 3.63) is 68.6 Å². The largest absolute Gasteiger partial charge is 0.486 e. The molecule has 0 saturated carbocycles. The van der Waals surface area contributed by atoms with Crippen molar-refractivity contribution >= 4 is 51.9 Å². The lowest BCUT2D eigenvalue weighted by molar-refractivity contribution is -0.119. The van der Waals surface area contributed by atoms with E-state index >= 15 is 0 Å². The Balaban J connectivity index is 2.07. The predicted molar refractivity (Wildman–Crippen MR) is 140 cm³/mol. The van der Waals surface area contributed by atoms with E-state index in [0.717, 1.165) is 22.3 Å². The quantitative estimate of drug-likeness (QED) is 0.367. The van der Waals surface area contributed by atoms with E-state index in [-0.39, 0.29) is 18.6 Å². The van der Waals surface area contributed by atoms with Crippen LogP contribution in [0.15, 0.2) is 40.4 Å². The maximum Gasteiger partial charge on any atom is 0.217 e. The molecule has 8 heteroatoms. The average molecular weight is 499 g/mol. The molecular formula is C26H28Cl2N4O2. The number of carbonyl (C=O) groups excluding carboxylic acids is 1. The Labute approximate surface area is 210 Å². The van der Waals surface area contributed by atoms with Crippen LogP contribution in [0, 0.1) is 13.8 Å². The van der Waals surface area contributed by atoms with E-state index in [1.807, 2.05) is 58.9 Å². The summed E-state index contributed by atoms with van der Waals surface area (Å²) in [7, 11) is 0. The van der Waals surface area contributed by atoms with Crippen LogP contribution >= 0.6 is 23.2 Å². The maximum absolute atomic E-state index is 11.6. The van der Waals surface area contributed by atoms with Crippen molar-refractivity contribution in [2.75, 3.05) is 0 Å². The third kappa shape index (κ3) is 5.75. The second-order valence-electron chi connectivity index (χ2n) is 8.05. The molecular weight excluding hydrogens is 471 g/mol. The van der Waals surface area contributed by atoms with Crippen LogP contribution in [0.25, 0.3) is 16.6 Å². The lowest BCUT2D eigenvalue weighted by atomic mass is 10.0. The number of aliphatic imine (C=N–C) groups is 1. The van der Waals surface area contributed by atoms with Gasteiger partial charge in [-0.2, -0.15) is 0 Å². The SMILES string of the molecule is C/C=N\C(=C(/C)Cl)c1cc(C)nc2c(OCc3c(Cl)cc(C)nc3C(C)NC(C)=O)cccc12. The number of pyridine rings is 2. The minimum Gasteiger partial charge on any atom is -0.486 e. The second kappa shape index (κ2) is 11.0. The highest BCUT2D eigenvalue weighted by Crippen LogP contribution is 2.34. The van der Waals surface area contributed by atoms with E-state index < -0.39 is 0 Å². The number of aryl methyl sites for hydroxylation is 2. The zero-order chi connectivity index (χ0) is 25.0. The Morgan fingerprint density at radius 2 is 1.91 bits per heavy atom. The van der Waals surface area contributed by atoms with Gasteiger partial charge in [0.2, 0.25) is 5.91 Å². The molecule has 6 nitrogen and oxygen atoms in total. The molecule has 1 N–H and O–H groups in total. The van der Waals surface area contributed by atoms with Crippen molar-refractivity contribution in [3.63, 3.8) is 0 Å². The molecule has 34 heavy (non-hydrogen) atoms. The van der Waals surface area contributed by atoms with Gasteiger partial charge in [0.25, 0.3) is 0 Å². The van der Waals surface area contributed by atoms with E-state index in [9.17, 15) is 4.79 Å². The average Bonchev–Trinajstić information content (AvgIpc) is 2.75. The normalized spacial score (nSPS) is 13.2. The van der Waals surface area contributed by atoms with Gasteiger partial charge in [0.05, 0.1) is 22.5 Å². The topological polar surface area (TPSA) is 76.5 Å². The Kier molecular flexibility index (Phi) is 8.28. The second-order valence-corrected chi connectivity index (χ2v) is 9.03. The molecule has 0 aliphatic carbocycles. The summed E-state index contributed by atoms with van der Waals surface area (Å²) < 4.78 is 6.24. The summed E-state index contributed by atoms with van der Waals surface area (Å²) in [6.07, 6.45) is 1.72. The minimum atomic E-state index is -0.320. The number of fused-ring (bicyclic) bond motifs is 1. The molecule has 0 bridgehead atoms. The molecule has 0 spiro atoms. The van der Waals surface area contributed by atoms with Crippen LogP contribution in [0.3, 0.4) is 0 Å². The number of carbonyl (C=O) groups is 1. The Morgan fingerprint density at radius 3 is 2.56 bits per heavy atom. The monoisotopic (exact) mass is 498 g/mol. The third-order valence-electron chi connectivity index (χ3n) is 5.20. The molecule has 1 aromatic carbocycles. The predicted octanol–water partition coefficient (Wildman–Crippen LogP) is 6.69. The summed E-state index contributed by atoms with van der Waals surface area (Å²) >= 11 is 12.9. The number of rotatable bonds is 7. The molecule has 0 fully saturated rings. The van der Waals surface area contributed by atoms with Crippen molar-refractivity contribution in [1.29, 1.82) is 0 Å². The number of nitrogens with zero attached hydrogens (tertiary/aromatic N) is 3. The van der Waals surface area contributed by atoms with Gasteiger partial charge < -0.3 is 10.1 Å². The molecule has 1 atom stereocenters. The van der Waals surface area contributed by atoms with Crippen molar-refractivity contribution in [2.45, 2.75) is 54.2 Å². The zero-order valence-corrected chi connectivity index (χ0v) is 21.7. The minimum absolute atomic E-state index is 0.145. The van der Waals surface area contributed by atoms with Gasteiger partial charge >= 0.3 is 0 Å². The van der Waals surface area contributed by atoms with Crippen LogP contribution in [0.4, 0.5) is 0 Å². The summed E-state index contributed by atoms with van der Waals surface area (Å²) in [5.41, 5.74) is 5.24. The van der Waals surface area contributed by atoms with Crippen molar-refractivity contribution < 1.29 is 9.53 Å². The van der Waals surface area contributed by atoms with Crippen LogP contribution in [0.5, 0.6) is 5.75 Å². The van der Waals surface area contributed by atoms with E-state index in [4.69, 9.17) is 32.9 Å². The number of para-hydroxylation sites is 1. The zero-order valence-electron chi connectivity index (χ0n) is 20.2. The molecule has 3 aromatic rings. The molecule has 2 heterocycles. The van der Waals surface area contributed by atoms with Gasteiger partial charge in [0, 0.05) is 46.1 Å². The number of amides is 1. The number of benzene rings is 1. The molecule has 2 aromatic heterocycles. The van der Waals surface area contributed by atoms with Crippen LogP contribution in [0.1, 0.15) is 61.9 Å². The van der Waals surface area contributed by atoms with Crippen LogP contribution in [-0.4, -0.2) is 22.1 Å². The highest BCUT2D eigenvalue weighted by molar-refractivity contribution is 6.32. The standard InChI is InChI=1S/C26H28Cl2N4O2/c1-7-29-24(16(4)27)20-11-14(2)31-26-19(20)9-8-10-23(26)34-13-21-22(28)12-15(3)30-25(21)17(5)32-18(6)33/h7-12,17H,13H2,1-6H3,(H,32,33)/b24-16+,29-7-. The fourth-order valence-electron chi connectivity index (χ4n) is 3.84. The molecule has 0 radical (unpaired) electrons. The van der Waals surface area contributed by atoms with Gasteiger partial charge in [-0.3, -0.25) is 14.8 Å². The number of halogens is 2. The molecule has 0 aliphatic rings. The van der Waals surface area contributed by atoms with Gasteiger partial charge in [0.1, 0.15) is 17.9 Å². The smallest absolute Gasteiger partial charge is 0.217 e.